The van der Waals surface area contributed by atoms with Crippen LogP contribution in [0.4, 0.5) is 21.5 Å². The molecule has 3 aromatic rings. The molecule has 28 heavy (non-hydrogen) atoms. The zero-order valence-electron chi connectivity index (χ0n) is 15.9. The molecule has 5 nitrogen and oxygen atoms in total. The van der Waals surface area contributed by atoms with E-state index in [1.165, 1.54) is 18.2 Å². The fourth-order valence-corrected chi connectivity index (χ4v) is 3.75. The molecule has 0 aliphatic carbocycles. The summed E-state index contributed by atoms with van der Waals surface area (Å²) in [7, 11) is 0. The van der Waals surface area contributed by atoms with Crippen LogP contribution in [0.15, 0.2) is 53.3 Å². The Hall–Kier alpha value is -3.41. The maximum atomic E-state index is 13.7. The Morgan fingerprint density at radius 3 is 2.32 bits per heavy atom. The zero-order valence-corrected chi connectivity index (χ0v) is 15.9. The molecule has 6 heteroatoms. The number of aromatic amines is 1. The fraction of sp³-hybridized carbons (Fsp3) is 0.182. The highest BCUT2D eigenvalue weighted by Crippen LogP contribution is 2.38. The van der Waals surface area contributed by atoms with Crippen molar-refractivity contribution in [3.8, 4) is 0 Å². The number of aromatic nitrogens is 1. The minimum absolute atomic E-state index is 0.126. The number of H-pyrrole nitrogens is 1. The number of rotatable bonds is 2. The molecule has 1 aliphatic rings. The fourth-order valence-electron chi connectivity index (χ4n) is 3.75. The van der Waals surface area contributed by atoms with E-state index < -0.39 is 0 Å². The number of pyridine rings is 1. The molecule has 4 rings (SSSR count). The zero-order chi connectivity index (χ0) is 20.0. The van der Waals surface area contributed by atoms with E-state index >= 15 is 0 Å². The number of halogens is 1. The Bertz CT molecular complexity index is 1150. The van der Waals surface area contributed by atoms with Crippen LogP contribution in [0, 0.1) is 26.6 Å². The van der Waals surface area contributed by atoms with Crippen molar-refractivity contribution in [2.45, 2.75) is 20.8 Å². The van der Waals surface area contributed by atoms with Crippen LogP contribution in [0.5, 0.6) is 0 Å². The normalized spacial score (nSPS) is 13.6. The van der Waals surface area contributed by atoms with E-state index in [9.17, 15) is 14.0 Å². The van der Waals surface area contributed by atoms with Gasteiger partial charge in [-0.3, -0.25) is 14.5 Å². The molecular weight excluding hydrogens is 357 g/mol. The number of benzene rings is 2. The quantitative estimate of drug-likeness (QED) is 0.728. The smallest absolute Gasteiger partial charge is 0.262 e. The second-order valence-electron chi connectivity index (χ2n) is 7.04. The molecule has 0 atom stereocenters. The Kier molecular flexibility index (Phi) is 4.26. The molecule has 2 aromatic carbocycles. The van der Waals surface area contributed by atoms with Gasteiger partial charge in [-0.25, -0.2) is 4.39 Å². The lowest BCUT2D eigenvalue weighted by Crippen LogP contribution is -2.46. The van der Waals surface area contributed by atoms with Crippen molar-refractivity contribution < 1.29 is 9.18 Å². The summed E-state index contributed by atoms with van der Waals surface area (Å²) in [5.74, 6) is -0.425. The van der Waals surface area contributed by atoms with Crippen LogP contribution in [-0.2, 0) is 0 Å². The van der Waals surface area contributed by atoms with Crippen molar-refractivity contribution in [3.63, 3.8) is 0 Å². The van der Waals surface area contributed by atoms with E-state index in [0.29, 0.717) is 16.9 Å². The first-order chi connectivity index (χ1) is 13.4. The predicted molar refractivity (Wildman–Crippen MR) is 108 cm³/mol. The SMILES string of the molecule is Cc1cc(F)ccc1N1CN(c2ccc(=O)[nH]c2C)C(=O)c2c(C)cccc21. The van der Waals surface area contributed by atoms with E-state index in [1.807, 2.05) is 36.9 Å². The molecule has 0 unspecified atom stereocenters. The maximum absolute atomic E-state index is 13.7. The van der Waals surface area contributed by atoms with Gasteiger partial charge in [-0.05, 0) is 62.2 Å². The third kappa shape index (κ3) is 2.87. The van der Waals surface area contributed by atoms with Gasteiger partial charge in [0.05, 0.1) is 16.9 Å². The Morgan fingerprint density at radius 1 is 0.857 bits per heavy atom. The number of carbonyl (C=O) groups excluding carboxylic acids is 1. The number of fused-ring (bicyclic) bond motifs is 1. The molecule has 1 amide bonds. The lowest BCUT2D eigenvalue weighted by molar-refractivity contribution is 0.0982. The number of hydrogen-bond acceptors (Lipinski definition) is 3. The number of anilines is 3. The van der Waals surface area contributed by atoms with Gasteiger partial charge in [-0.15, -0.1) is 0 Å². The van der Waals surface area contributed by atoms with Crippen molar-refractivity contribution in [3.05, 3.63) is 87.1 Å². The van der Waals surface area contributed by atoms with Crippen molar-refractivity contribution in [1.82, 2.24) is 4.98 Å². The molecule has 0 bridgehead atoms. The highest BCUT2D eigenvalue weighted by Gasteiger charge is 2.33. The van der Waals surface area contributed by atoms with Gasteiger partial charge >= 0.3 is 0 Å². The summed E-state index contributed by atoms with van der Waals surface area (Å²) in [6.07, 6.45) is 0. The van der Waals surface area contributed by atoms with Gasteiger partial charge in [0, 0.05) is 17.4 Å². The number of carbonyl (C=O) groups is 1. The Balaban J connectivity index is 1.92. The first-order valence-corrected chi connectivity index (χ1v) is 9.02. The number of hydrogen-bond donors (Lipinski definition) is 1. The Labute approximate surface area is 162 Å². The number of amides is 1. The first kappa shape index (κ1) is 18.0. The van der Waals surface area contributed by atoms with Crippen molar-refractivity contribution >= 4 is 23.0 Å². The lowest BCUT2D eigenvalue weighted by atomic mass is 10.0. The summed E-state index contributed by atoms with van der Waals surface area (Å²) in [6.45, 7) is 5.77. The van der Waals surface area contributed by atoms with Gasteiger partial charge in [0.25, 0.3) is 5.91 Å². The molecule has 0 spiro atoms. The number of nitrogens with zero attached hydrogens (tertiary/aromatic N) is 2. The molecule has 0 saturated carbocycles. The van der Waals surface area contributed by atoms with E-state index in [0.717, 1.165) is 22.5 Å². The number of nitrogens with one attached hydrogen (secondary N) is 1. The van der Waals surface area contributed by atoms with Gasteiger partial charge in [0.2, 0.25) is 5.56 Å². The van der Waals surface area contributed by atoms with Crippen LogP contribution in [0.3, 0.4) is 0 Å². The minimum atomic E-state index is -0.299. The van der Waals surface area contributed by atoms with Gasteiger partial charge < -0.3 is 9.88 Å². The second kappa shape index (κ2) is 6.64. The maximum Gasteiger partial charge on any atom is 0.262 e. The van der Waals surface area contributed by atoms with Gasteiger partial charge in [0.1, 0.15) is 12.5 Å². The molecule has 0 radical (unpaired) electrons. The highest BCUT2D eigenvalue weighted by atomic mass is 19.1. The molecule has 2 heterocycles. The number of aryl methyl sites for hydroxylation is 3. The monoisotopic (exact) mass is 377 g/mol. The van der Waals surface area contributed by atoms with E-state index in [-0.39, 0.29) is 24.0 Å². The first-order valence-electron chi connectivity index (χ1n) is 9.02. The van der Waals surface area contributed by atoms with Crippen molar-refractivity contribution in [2.75, 3.05) is 16.5 Å². The van der Waals surface area contributed by atoms with Crippen LogP contribution in [0.25, 0.3) is 0 Å². The summed E-state index contributed by atoms with van der Waals surface area (Å²) < 4.78 is 13.7. The summed E-state index contributed by atoms with van der Waals surface area (Å²) in [4.78, 5) is 31.4. The second-order valence-corrected chi connectivity index (χ2v) is 7.04. The van der Waals surface area contributed by atoms with Crippen LogP contribution in [0.1, 0.15) is 27.2 Å². The van der Waals surface area contributed by atoms with Gasteiger partial charge in [-0.1, -0.05) is 12.1 Å². The van der Waals surface area contributed by atoms with Crippen LogP contribution in [0.2, 0.25) is 0 Å². The molecule has 1 aromatic heterocycles. The van der Waals surface area contributed by atoms with Crippen LogP contribution < -0.4 is 15.4 Å². The molecule has 0 fully saturated rings. The minimum Gasteiger partial charge on any atom is -0.324 e. The summed E-state index contributed by atoms with van der Waals surface area (Å²) in [5, 5.41) is 0. The third-order valence-corrected chi connectivity index (χ3v) is 5.11. The van der Waals surface area contributed by atoms with Crippen molar-refractivity contribution in [2.24, 2.45) is 0 Å². The Morgan fingerprint density at radius 2 is 1.61 bits per heavy atom. The summed E-state index contributed by atoms with van der Waals surface area (Å²) in [5.41, 5.74) is 4.90. The van der Waals surface area contributed by atoms with Crippen LogP contribution >= 0.6 is 0 Å². The molecule has 142 valence electrons. The molecule has 0 saturated heterocycles. The molecule has 1 aliphatic heterocycles. The topological polar surface area (TPSA) is 56.4 Å². The van der Waals surface area contributed by atoms with Gasteiger partial charge in [-0.2, -0.15) is 0 Å². The average Bonchev–Trinajstić information content (AvgIpc) is 2.63. The highest BCUT2D eigenvalue weighted by molar-refractivity contribution is 6.13. The average molecular weight is 377 g/mol. The largest absolute Gasteiger partial charge is 0.324 e. The van der Waals surface area contributed by atoms with E-state index in [4.69, 9.17) is 0 Å². The molecular formula is C22H20FN3O2. The van der Waals surface area contributed by atoms with Gasteiger partial charge in [0.15, 0.2) is 0 Å². The summed E-state index contributed by atoms with van der Waals surface area (Å²) in [6, 6.07) is 13.4. The standard InChI is InChI=1S/C22H20FN3O2/c1-13-5-4-6-19-21(13)22(28)26(18-9-10-20(27)24-15(18)3)12-25(19)17-8-7-16(23)11-14(17)2/h4-11H,12H2,1-3H3,(H,24,27). The molecule has 1 N–H and O–H groups in total. The predicted octanol–water partition coefficient (Wildman–Crippen LogP) is 4.20. The lowest BCUT2D eigenvalue weighted by Gasteiger charge is -2.39. The third-order valence-electron chi connectivity index (χ3n) is 5.11. The van der Waals surface area contributed by atoms with E-state index in [1.54, 1.807) is 24.0 Å². The van der Waals surface area contributed by atoms with Crippen molar-refractivity contribution in [1.29, 1.82) is 0 Å². The van der Waals surface area contributed by atoms with E-state index in [2.05, 4.69) is 4.98 Å². The summed E-state index contributed by atoms with van der Waals surface area (Å²) >= 11 is 0. The van der Waals surface area contributed by atoms with Crippen LogP contribution in [-0.4, -0.2) is 17.6 Å².